The number of carbonyl (C=O) groups is 3. The highest BCUT2D eigenvalue weighted by Gasteiger charge is 2.34. The lowest BCUT2D eigenvalue weighted by Crippen LogP contribution is -2.48. The summed E-state index contributed by atoms with van der Waals surface area (Å²) in [5.74, 6) is -1.02. The SMILES string of the molecule is O=C(NC(CC1CC1)C(=O)NCC(CC1CC1)C(=O)O)OCC1c2ccccc2-c2ccccc21. The van der Waals surface area contributed by atoms with Crippen LogP contribution in [-0.4, -0.2) is 42.3 Å². The van der Waals surface area contributed by atoms with Crippen LogP contribution in [0.5, 0.6) is 0 Å². The molecule has 0 heterocycles. The number of carbonyl (C=O) groups excluding carboxylic acids is 2. The second kappa shape index (κ2) is 10.1. The highest BCUT2D eigenvalue weighted by Crippen LogP contribution is 2.44. The molecule has 184 valence electrons. The summed E-state index contributed by atoms with van der Waals surface area (Å²) < 4.78 is 5.62. The molecule has 2 aromatic rings. The molecule has 0 radical (unpaired) electrons. The lowest BCUT2D eigenvalue weighted by Gasteiger charge is -2.21. The molecule has 7 heteroatoms. The van der Waals surface area contributed by atoms with Crippen molar-refractivity contribution in [3.63, 3.8) is 0 Å². The van der Waals surface area contributed by atoms with Crippen LogP contribution in [-0.2, 0) is 14.3 Å². The predicted molar refractivity (Wildman–Crippen MR) is 131 cm³/mol. The van der Waals surface area contributed by atoms with Gasteiger partial charge in [-0.15, -0.1) is 0 Å². The van der Waals surface area contributed by atoms with Crippen LogP contribution in [0.15, 0.2) is 48.5 Å². The number of nitrogens with one attached hydrogen (secondary N) is 2. The number of alkyl carbamates (subject to hydrolysis) is 1. The fraction of sp³-hybridized carbons (Fsp3) is 0.464. The van der Waals surface area contributed by atoms with Gasteiger partial charge in [-0.2, -0.15) is 0 Å². The second-order valence-electron chi connectivity index (χ2n) is 10.2. The summed E-state index contributed by atoms with van der Waals surface area (Å²) in [4.78, 5) is 37.2. The third-order valence-electron chi connectivity index (χ3n) is 7.40. The van der Waals surface area contributed by atoms with E-state index in [-0.39, 0.29) is 25.0 Å². The summed E-state index contributed by atoms with van der Waals surface area (Å²) in [5.41, 5.74) is 4.57. The largest absolute Gasteiger partial charge is 0.481 e. The van der Waals surface area contributed by atoms with Gasteiger partial charge in [0, 0.05) is 12.5 Å². The second-order valence-corrected chi connectivity index (χ2v) is 10.2. The molecule has 2 atom stereocenters. The Kier molecular flexibility index (Phi) is 6.75. The molecule has 0 spiro atoms. The minimum absolute atomic E-state index is 0.0531. The molecule has 0 bridgehead atoms. The maximum Gasteiger partial charge on any atom is 0.407 e. The van der Waals surface area contributed by atoms with E-state index in [4.69, 9.17) is 4.74 Å². The third-order valence-corrected chi connectivity index (χ3v) is 7.40. The van der Waals surface area contributed by atoms with E-state index < -0.39 is 24.0 Å². The highest BCUT2D eigenvalue weighted by atomic mass is 16.5. The van der Waals surface area contributed by atoms with E-state index in [0.717, 1.165) is 47.9 Å². The molecular weight excluding hydrogens is 444 g/mol. The van der Waals surface area contributed by atoms with Gasteiger partial charge in [-0.05, 0) is 46.9 Å². The van der Waals surface area contributed by atoms with Gasteiger partial charge in [-0.25, -0.2) is 4.79 Å². The number of carboxylic acids is 1. The van der Waals surface area contributed by atoms with Crippen molar-refractivity contribution in [2.45, 2.75) is 50.5 Å². The molecule has 2 aromatic carbocycles. The Morgan fingerprint density at radius 2 is 1.46 bits per heavy atom. The molecule has 7 nitrogen and oxygen atoms in total. The summed E-state index contributed by atoms with van der Waals surface area (Å²) in [6.07, 6.45) is 4.70. The van der Waals surface area contributed by atoms with Gasteiger partial charge in [0.05, 0.1) is 5.92 Å². The minimum Gasteiger partial charge on any atom is -0.481 e. The number of fused-ring (bicyclic) bond motifs is 3. The molecule has 2 fully saturated rings. The van der Waals surface area contributed by atoms with E-state index in [1.165, 1.54) is 0 Å². The summed E-state index contributed by atoms with van der Waals surface area (Å²) in [7, 11) is 0. The third kappa shape index (κ3) is 5.66. The Bertz CT molecular complexity index is 1060. The standard InChI is InChI=1S/C28H32N2O5/c31-26(29-15-19(27(32)33)13-17-9-10-17)25(14-18-11-12-18)30-28(34)35-16-24-22-7-3-1-5-20(22)21-6-2-4-8-23(21)24/h1-8,17-19,24-25H,9-16H2,(H,29,31)(H,30,34)(H,32,33). The first kappa shape index (κ1) is 23.4. The van der Waals surface area contributed by atoms with Crippen LogP contribution in [0.3, 0.4) is 0 Å². The van der Waals surface area contributed by atoms with Gasteiger partial charge in [0.1, 0.15) is 12.6 Å². The van der Waals surface area contributed by atoms with E-state index in [1.54, 1.807) is 0 Å². The fourth-order valence-corrected chi connectivity index (χ4v) is 5.08. The van der Waals surface area contributed by atoms with E-state index >= 15 is 0 Å². The Morgan fingerprint density at radius 3 is 2.03 bits per heavy atom. The monoisotopic (exact) mass is 476 g/mol. The average Bonchev–Trinajstić information content (AvgIpc) is 3.79. The number of hydrogen-bond donors (Lipinski definition) is 3. The minimum atomic E-state index is -0.888. The van der Waals surface area contributed by atoms with Gasteiger partial charge in [-0.1, -0.05) is 74.2 Å². The Labute approximate surface area is 205 Å². The van der Waals surface area contributed by atoms with Crippen LogP contribution >= 0.6 is 0 Å². The molecule has 3 aliphatic carbocycles. The number of aliphatic carboxylic acids is 1. The molecule has 3 aliphatic rings. The zero-order chi connectivity index (χ0) is 24.4. The quantitative estimate of drug-likeness (QED) is 0.448. The first-order chi connectivity index (χ1) is 17.0. The van der Waals surface area contributed by atoms with Crippen molar-refractivity contribution in [3.05, 3.63) is 59.7 Å². The van der Waals surface area contributed by atoms with Crippen molar-refractivity contribution < 1.29 is 24.2 Å². The van der Waals surface area contributed by atoms with E-state index in [1.807, 2.05) is 24.3 Å². The van der Waals surface area contributed by atoms with Crippen LogP contribution in [0.2, 0.25) is 0 Å². The van der Waals surface area contributed by atoms with Crippen molar-refractivity contribution in [2.75, 3.05) is 13.2 Å². The smallest absolute Gasteiger partial charge is 0.407 e. The predicted octanol–water partition coefficient (Wildman–Crippen LogP) is 4.31. The summed E-state index contributed by atoms with van der Waals surface area (Å²) in [6, 6.07) is 15.5. The summed E-state index contributed by atoms with van der Waals surface area (Å²) in [6.45, 7) is 0.262. The van der Waals surface area contributed by atoms with Crippen LogP contribution in [0.4, 0.5) is 4.79 Å². The van der Waals surface area contributed by atoms with Gasteiger partial charge in [0.25, 0.3) is 0 Å². The van der Waals surface area contributed by atoms with Crippen molar-refractivity contribution >= 4 is 18.0 Å². The fourth-order valence-electron chi connectivity index (χ4n) is 5.08. The number of carboxylic acid groups (broad SMARTS) is 1. The van der Waals surface area contributed by atoms with Crippen LogP contribution in [0.25, 0.3) is 11.1 Å². The molecule has 2 amide bonds. The molecule has 5 rings (SSSR count). The normalized spacial score (nSPS) is 18.2. The molecular formula is C28H32N2O5. The van der Waals surface area contributed by atoms with Gasteiger partial charge in [0.2, 0.25) is 5.91 Å². The van der Waals surface area contributed by atoms with Crippen LogP contribution < -0.4 is 10.6 Å². The molecule has 2 saturated carbocycles. The van der Waals surface area contributed by atoms with Crippen molar-refractivity contribution in [1.82, 2.24) is 10.6 Å². The van der Waals surface area contributed by atoms with Gasteiger partial charge >= 0.3 is 12.1 Å². The van der Waals surface area contributed by atoms with Crippen molar-refractivity contribution in [1.29, 1.82) is 0 Å². The van der Waals surface area contributed by atoms with Crippen LogP contribution in [0, 0.1) is 17.8 Å². The molecule has 0 aliphatic heterocycles. The highest BCUT2D eigenvalue weighted by molar-refractivity contribution is 5.86. The zero-order valence-corrected chi connectivity index (χ0v) is 19.7. The summed E-state index contributed by atoms with van der Waals surface area (Å²) in [5, 5.41) is 15.0. The van der Waals surface area contributed by atoms with E-state index in [0.29, 0.717) is 24.7 Å². The van der Waals surface area contributed by atoms with E-state index in [2.05, 4.69) is 34.9 Å². The average molecular weight is 477 g/mol. The number of rotatable bonds is 11. The van der Waals surface area contributed by atoms with Crippen molar-refractivity contribution in [2.24, 2.45) is 17.8 Å². The lowest BCUT2D eigenvalue weighted by atomic mass is 9.98. The number of hydrogen-bond acceptors (Lipinski definition) is 4. The Hall–Kier alpha value is -3.35. The Balaban J connectivity index is 1.18. The molecule has 2 unspecified atom stereocenters. The molecule has 0 aromatic heterocycles. The molecule has 3 N–H and O–H groups in total. The Morgan fingerprint density at radius 1 is 0.886 bits per heavy atom. The molecule has 0 saturated heterocycles. The topological polar surface area (TPSA) is 105 Å². The first-order valence-corrected chi connectivity index (χ1v) is 12.6. The molecule has 35 heavy (non-hydrogen) atoms. The number of amides is 2. The van der Waals surface area contributed by atoms with Crippen molar-refractivity contribution in [3.8, 4) is 11.1 Å². The first-order valence-electron chi connectivity index (χ1n) is 12.6. The number of ether oxygens (including phenoxy) is 1. The maximum atomic E-state index is 12.9. The van der Waals surface area contributed by atoms with Crippen LogP contribution in [0.1, 0.15) is 55.6 Å². The van der Waals surface area contributed by atoms with Gasteiger partial charge in [-0.3, -0.25) is 9.59 Å². The summed E-state index contributed by atoms with van der Waals surface area (Å²) >= 11 is 0. The van der Waals surface area contributed by atoms with Gasteiger partial charge < -0.3 is 20.5 Å². The van der Waals surface area contributed by atoms with Gasteiger partial charge in [0.15, 0.2) is 0 Å². The van der Waals surface area contributed by atoms with E-state index in [9.17, 15) is 19.5 Å². The lowest BCUT2D eigenvalue weighted by molar-refractivity contribution is -0.142. The maximum absolute atomic E-state index is 12.9. The number of benzene rings is 2. The zero-order valence-electron chi connectivity index (χ0n) is 19.7.